The summed E-state index contributed by atoms with van der Waals surface area (Å²) in [6.45, 7) is 9.60. The first-order chi connectivity index (χ1) is 13.6. The lowest BCUT2D eigenvalue weighted by molar-refractivity contribution is 0.122. The van der Waals surface area contributed by atoms with Crippen LogP contribution in [-0.2, 0) is 4.74 Å². The Balaban J connectivity index is 1.47. The second kappa shape index (κ2) is 7.98. The Bertz CT molecular complexity index is 930. The summed E-state index contributed by atoms with van der Waals surface area (Å²) in [4.78, 5) is 11.4. The van der Waals surface area contributed by atoms with Gasteiger partial charge in [-0.1, -0.05) is 12.1 Å². The summed E-state index contributed by atoms with van der Waals surface area (Å²) >= 11 is 0. The van der Waals surface area contributed by atoms with Crippen molar-refractivity contribution in [1.82, 2.24) is 19.7 Å². The van der Waals surface area contributed by atoms with Crippen LogP contribution in [0.15, 0.2) is 42.7 Å². The van der Waals surface area contributed by atoms with Crippen molar-refractivity contribution < 1.29 is 4.74 Å². The molecule has 1 aliphatic rings. The normalized spacial score (nSPS) is 15.5. The van der Waals surface area contributed by atoms with Crippen molar-refractivity contribution in [2.24, 2.45) is 0 Å². The molecule has 0 bridgehead atoms. The molecular formula is C21H26N6O. The summed E-state index contributed by atoms with van der Waals surface area (Å²) < 4.78 is 7.24. The fourth-order valence-corrected chi connectivity index (χ4v) is 3.49. The minimum atomic E-state index is 0.115. The molecule has 3 aromatic rings. The molecular weight excluding hydrogens is 352 g/mol. The first kappa shape index (κ1) is 18.4. The molecule has 0 aliphatic carbocycles. The first-order valence-electron chi connectivity index (χ1n) is 9.65. The van der Waals surface area contributed by atoms with Crippen LogP contribution in [0.25, 0.3) is 5.82 Å². The summed E-state index contributed by atoms with van der Waals surface area (Å²) in [5.41, 5.74) is 4.45. The Morgan fingerprint density at radius 2 is 1.82 bits per heavy atom. The maximum absolute atomic E-state index is 5.43. The average Bonchev–Trinajstić information content (AvgIpc) is 3.07. The number of ether oxygens (including phenoxy) is 1. The minimum absolute atomic E-state index is 0.115. The largest absolute Gasteiger partial charge is 0.378 e. The molecule has 0 amide bonds. The van der Waals surface area contributed by atoms with Crippen LogP contribution >= 0.6 is 0 Å². The molecule has 3 heterocycles. The molecule has 1 aromatic carbocycles. The van der Waals surface area contributed by atoms with E-state index in [1.54, 1.807) is 12.4 Å². The number of hydrogen-bond donors (Lipinski definition) is 1. The van der Waals surface area contributed by atoms with Crippen LogP contribution < -0.4 is 10.2 Å². The number of hydrogen-bond acceptors (Lipinski definition) is 6. The lowest BCUT2D eigenvalue weighted by Crippen LogP contribution is -2.36. The second-order valence-corrected chi connectivity index (χ2v) is 7.16. The molecule has 1 atom stereocenters. The van der Waals surface area contributed by atoms with E-state index < -0.39 is 0 Å². The summed E-state index contributed by atoms with van der Waals surface area (Å²) in [7, 11) is 0. The van der Waals surface area contributed by atoms with Crippen LogP contribution in [0.2, 0.25) is 0 Å². The maximum atomic E-state index is 5.43. The second-order valence-electron chi connectivity index (χ2n) is 7.16. The van der Waals surface area contributed by atoms with E-state index in [0.717, 1.165) is 43.5 Å². The van der Waals surface area contributed by atoms with Gasteiger partial charge in [-0.15, -0.1) is 0 Å². The van der Waals surface area contributed by atoms with Crippen LogP contribution in [0, 0.1) is 13.8 Å². The van der Waals surface area contributed by atoms with Crippen molar-refractivity contribution in [3.8, 4) is 5.82 Å². The highest BCUT2D eigenvalue weighted by molar-refractivity contribution is 5.49. The van der Waals surface area contributed by atoms with Crippen molar-refractivity contribution in [2.75, 3.05) is 36.5 Å². The highest BCUT2D eigenvalue weighted by Gasteiger charge is 2.13. The topological polar surface area (TPSA) is 68.1 Å². The van der Waals surface area contributed by atoms with Crippen molar-refractivity contribution >= 4 is 11.5 Å². The summed E-state index contributed by atoms with van der Waals surface area (Å²) in [5.74, 6) is 1.44. The van der Waals surface area contributed by atoms with Gasteiger partial charge in [0.05, 0.1) is 31.3 Å². The van der Waals surface area contributed by atoms with E-state index in [1.165, 1.54) is 11.3 Å². The van der Waals surface area contributed by atoms with E-state index in [4.69, 9.17) is 4.74 Å². The third kappa shape index (κ3) is 3.99. The zero-order valence-electron chi connectivity index (χ0n) is 16.6. The lowest BCUT2D eigenvalue weighted by Gasteiger charge is -2.29. The maximum Gasteiger partial charge on any atom is 0.174 e. The molecule has 4 rings (SSSR count). The van der Waals surface area contributed by atoms with Crippen LogP contribution in [0.3, 0.4) is 0 Å². The fourth-order valence-electron chi connectivity index (χ4n) is 3.49. The van der Waals surface area contributed by atoms with Gasteiger partial charge in [-0.3, -0.25) is 4.98 Å². The third-order valence-corrected chi connectivity index (χ3v) is 4.98. The van der Waals surface area contributed by atoms with Crippen molar-refractivity contribution in [3.05, 3.63) is 59.7 Å². The Kier molecular flexibility index (Phi) is 5.25. The molecule has 146 valence electrons. The minimum Gasteiger partial charge on any atom is -0.378 e. The Hall–Kier alpha value is -2.93. The molecule has 7 nitrogen and oxygen atoms in total. The molecule has 2 aromatic heterocycles. The third-order valence-electron chi connectivity index (χ3n) is 4.98. The van der Waals surface area contributed by atoms with Crippen molar-refractivity contribution in [1.29, 1.82) is 0 Å². The zero-order chi connectivity index (χ0) is 19.5. The Labute approximate surface area is 165 Å². The van der Waals surface area contributed by atoms with Gasteiger partial charge in [0.15, 0.2) is 5.82 Å². The van der Waals surface area contributed by atoms with Gasteiger partial charge >= 0.3 is 0 Å². The number of rotatable bonds is 5. The monoisotopic (exact) mass is 378 g/mol. The number of morpholine rings is 1. The molecule has 7 heteroatoms. The Morgan fingerprint density at radius 3 is 2.50 bits per heavy atom. The summed E-state index contributed by atoms with van der Waals surface area (Å²) in [6, 6.07) is 10.8. The molecule has 0 saturated carbocycles. The van der Waals surface area contributed by atoms with Crippen molar-refractivity contribution in [2.45, 2.75) is 26.8 Å². The molecule has 1 saturated heterocycles. The standard InChI is InChI=1S/C21H26N6O/c1-15-12-16(2)27(25-15)21-14-22-13-20(24-21)23-17(3)18-4-6-19(7-5-18)26-8-10-28-11-9-26/h4-7,12-14,17H,8-11H2,1-3H3,(H,23,24). The van der Waals surface area contributed by atoms with Gasteiger partial charge in [-0.2, -0.15) is 5.10 Å². The van der Waals surface area contributed by atoms with Gasteiger partial charge in [0.25, 0.3) is 0 Å². The molecule has 0 radical (unpaired) electrons. The number of aryl methyl sites for hydroxylation is 2. The van der Waals surface area contributed by atoms with E-state index in [-0.39, 0.29) is 6.04 Å². The van der Waals surface area contributed by atoms with Crippen LogP contribution in [0.4, 0.5) is 11.5 Å². The first-order valence-corrected chi connectivity index (χ1v) is 9.65. The molecule has 1 fully saturated rings. The van der Waals surface area contributed by atoms with Crippen LogP contribution in [-0.4, -0.2) is 46.1 Å². The van der Waals surface area contributed by atoms with E-state index in [9.17, 15) is 0 Å². The zero-order valence-corrected chi connectivity index (χ0v) is 16.6. The number of aromatic nitrogens is 4. The van der Waals surface area contributed by atoms with Crippen LogP contribution in [0.5, 0.6) is 0 Å². The predicted octanol–water partition coefficient (Wildman–Crippen LogP) is 3.29. The number of benzene rings is 1. The molecule has 1 unspecified atom stereocenters. The number of nitrogens with one attached hydrogen (secondary N) is 1. The van der Waals surface area contributed by atoms with Gasteiger partial charge in [-0.25, -0.2) is 9.67 Å². The lowest BCUT2D eigenvalue weighted by atomic mass is 10.1. The van der Waals surface area contributed by atoms with E-state index in [2.05, 4.69) is 56.5 Å². The van der Waals surface area contributed by atoms with E-state index >= 15 is 0 Å². The van der Waals surface area contributed by atoms with Crippen molar-refractivity contribution in [3.63, 3.8) is 0 Å². The van der Waals surface area contributed by atoms with E-state index in [0.29, 0.717) is 5.82 Å². The molecule has 1 aliphatic heterocycles. The molecule has 28 heavy (non-hydrogen) atoms. The van der Waals surface area contributed by atoms with Gasteiger partial charge in [0.1, 0.15) is 5.82 Å². The summed E-state index contributed by atoms with van der Waals surface area (Å²) in [5, 5.41) is 7.93. The van der Waals surface area contributed by atoms with Gasteiger partial charge in [-0.05, 0) is 44.5 Å². The van der Waals surface area contributed by atoms with Gasteiger partial charge < -0.3 is 15.0 Å². The van der Waals surface area contributed by atoms with Gasteiger partial charge in [0.2, 0.25) is 0 Å². The molecule has 1 N–H and O–H groups in total. The Morgan fingerprint density at radius 1 is 1.07 bits per heavy atom. The summed E-state index contributed by atoms with van der Waals surface area (Å²) in [6.07, 6.45) is 3.47. The van der Waals surface area contributed by atoms with Crippen LogP contribution in [0.1, 0.15) is 29.9 Å². The quantitative estimate of drug-likeness (QED) is 0.735. The molecule has 0 spiro atoms. The SMILES string of the molecule is Cc1cc(C)n(-c2cncc(NC(C)c3ccc(N4CCOCC4)cc3)n2)n1. The number of nitrogens with zero attached hydrogens (tertiary/aromatic N) is 5. The predicted molar refractivity (Wildman–Crippen MR) is 110 cm³/mol. The number of anilines is 2. The highest BCUT2D eigenvalue weighted by atomic mass is 16.5. The van der Waals surface area contributed by atoms with E-state index in [1.807, 2.05) is 24.6 Å². The average molecular weight is 378 g/mol. The highest BCUT2D eigenvalue weighted by Crippen LogP contribution is 2.22. The van der Waals surface area contributed by atoms with Gasteiger partial charge in [0, 0.05) is 30.5 Å². The smallest absolute Gasteiger partial charge is 0.174 e. The fraction of sp³-hybridized carbons (Fsp3) is 0.381.